The van der Waals surface area contributed by atoms with Gasteiger partial charge in [0, 0.05) is 17.0 Å². The summed E-state index contributed by atoms with van der Waals surface area (Å²) in [6.45, 7) is 3.05. The maximum atomic E-state index is 11.3. The number of para-hydroxylation sites is 1. The van der Waals surface area contributed by atoms with E-state index in [-0.39, 0.29) is 21.5 Å². The van der Waals surface area contributed by atoms with Crippen molar-refractivity contribution in [3.05, 3.63) is 64.2 Å². The zero-order valence-corrected chi connectivity index (χ0v) is 24.2. The number of unbranched alkanes of at least 4 members (excludes halogenated alkanes) is 15. The predicted molar refractivity (Wildman–Crippen MR) is 160 cm³/mol. The summed E-state index contributed by atoms with van der Waals surface area (Å²) in [4.78, 5) is 12.2. The van der Waals surface area contributed by atoms with Gasteiger partial charge < -0.3 is 4.74 Å². The Morgan fingerprint density at radius 3 is 1.70 bits per heavy atom. The van der Waals surface area contributed by atoms with Crippen molar-refractivity contribution in [1.29, 1.82) is 0 Å². The Kier molecular flexibility index (Phi) is 16.9. The first-order valence-corrected chi connectivity index (χ1v) is 16.5. The van der Waals surface area contributed by atoms with Crippen LogP contribution in [0, 0.1) is 10.1 Å². The van der Waals surface area contributed by atoms with Gasteiger partial charge in [-0.25, -0.2) is 0 Å². The van der Waals surface area contributed by atoms with Crippen LogP contribution in [0.1, 0.15) is 115 Å². The van der Waals surface area contributed by atoms with Crippen LogP contribution in [0.25, 0.3) is 0 Å². The smallest absolute Gasteiger partial charge is 0.277 e. The van der Waals surface area contributed by atoms with Gasteiger partial charge in [-0.2, -0.15) is 0 Å². The lowest BCUT2D eigenvalue weighted by atomic mass is 10.0. The van der Waals surface area contributed by atoms with Gasteiger partial charge in [0.2, 0.25) is 0 Å². The molecule has 0 heterocycles. The number of rotatable bonds is 22. The molecule has 1 unspecified atom stereocenters. The van der Waals surface area contributed by atoms with E-state index < -0.39 is 0 Å². The molecule has 0 fully saturated rings. The highest BCUT2D eigenvalue weighted by molar-refractivity contribution is 7.95. The molecule has 37 heavy (non-hydrogen) atoms. The van der Waals surface area contributed by atoms with Gasteiger partial charge in [0.15, 0.2) is 4.90 Å². The molecule has 2 aromatic carbocycles. The molecule has 5 heteroatoms. The van der Waals surface area contributed by atoms with E-state index in [0.717, 1.165) is 24.3 Å². The molecule has 0 amide bonds. The van der Waals surface area contributed by atoms with E-state index in [4.69, 9.17) is 4.74 Å². The highest BCUT2D eigenvalue weighted by Gasteiger charge is 2.22. The molecule has 0 aliphatic carbocycles. The zero-order valence-electron chi connectivity index (χ0n) is 23.4. The van der Waals surface area contributed by atoms with Crippen molar-refractivity contribution in [3.8, 4) is 5.75 Å². The summed E-state index contributed by atoms with van der Waals surface area (Å²) in [5.41, 5.74) is 1.00. The Morgan fingerprint density at radius 1 is 0.703 bits per heavy atom. The Hall–Kier alpha value is -2.01. The summed E-state index contributed by atoms with van der Waals surface area (Å²) in [7, 11) is -0.0978. The molecule has 0 N–H and O–H groups in total. The van der Waals surface area contributed by atoms with Crippen molar-refractivity contribution in [3.63, 3.8) is 0 Å². The van der Waals surface area contributed by atoms with Gasteiger partial charge in [0.05, 0.1) is 17.1 Å². The summed E-state index contributed by atoms with van der Waals surface area (Å²) in [5.74, 6) is 1.59. The van der Waals surface area contributed by atoms with Crippen molar-refractivity contribution < 1.29 is 9.66 Å². The van der Waals surface area contributed by atoms with Gasteiger partial charge >= 0.3 is 0 Å². The molecule has 2 aromatic rings. The molecule has 0 aliphatic rings. The lowest BCUT2D eigenvalue weighted by Gasteiger charge is -2.08. The Balaban J connectivity index is 1.46. The lowest BCUT2D eigenvalue weighted by Crippen LogP contribution is -2.06. The maximum Gasteiger partial charge on any atom is 0.277 e. The number of nitrogens with zero attached hydrogens (tertiary/aromatic N) is 1. The van der Waals surface area contributed by atoms with Crippen LogP contribution < -0.4 is 4.74 Å². The second-order valence-corrected chi connectivity index (χ2v) is 12.3. The standard InChI is InChI=1S/C32H50NO3S/c1-3-4-5-6-7-8-9-10-11-12-13-14-15-16-17-20-27-36-30-23-25-31(26-24-30)37(2)28-29-21-18-19-22-32(29)33(34)35/h18-19,21-26H,3-17,20,27-28H2,1-2H3/q+1. The fourth-order valence-corrected chi connectivity index (χ4v) is 6.21. The van der Waals surface area contributed by atoms with E-state index in [1.54, 1.807) is 12.1 Å². The maximum absolute atomic E-state index is 11.3. The quantitative estimate of drug-likeness (QED) is 0.0661. The highest BCUT2D eigenvalue weighted by atomic mass is 32.2. The average Bonchev–Trinajstić information content (AvgIpc) is 2.91. The number of hydrogen-bond donors (Lipinski definition) is 0. The molecule has 0 bridgehead atoms. The van der Waals surface area contributed by atoms with Crippen LogP contribution in [0.3, 0.4) is 0 Å². The first-order chi connectivity index (χ1) is 18.1. The van der Waals surface area contributed by atoms with Crippen LogP contribution in [0.4, 0.5) is 5.69 Å². The number of ether oxygens (including phenoxy) is 1. The van der Waals surface area contributed by atoms with E-state index in [1.807, 2.05) is 24.3 Å². The van der Waals surface area contributed by atoms with E-state index in [0.29, 0.717) is 5.75 Å². The first kappa shape index (κ1) is 31.2. The fraction of sp³-hybridized carbons (Fsp3) is 0.625. The van der Waals surface area contributed by atoms with Crippen LogP contribution in [0.5, 0.6) is 5.75 Å². The number of benzene rings is 2. The predicted octanol–water partition coefficient (Wildman–Crippen LogP) is 10.0. The molecule has 0 spiro atoms. The second-order valence-electron chi connectivity index (χ2n) is 10.3. The summed E-state index contributed by atoms with van der Waals surface area (Å²) in [6, 6.07) is 15.3. The third-order valence-corrected chi connectivity index (χ3v) is 8.87. The van der Waals surface area contributed by atoms with Crippen molar-refractivity contribution in [2.75, 3.05) is 12.9 Å². The Labute approximate surface area is 229 Å². The van der Waals surface area contributed by atoms with Gasteiger partial charge in [0.1, 0.15) is 17.8 Å². The normalized spacial score (nSPS) is 11.9. The molecule has 4 nitrogen and oxygen atoms in total. The zero-order chi connectivity index (χ0) is 26.6. The van der Waals surface area contributed by atoms with E-state index >= 15 is 0 Å². The first-order valence-electron chi connectivity index (χ1n) is 14.7. The summed E-state index contributed by atoms with van der Waals surface area (Å²) < 4.78 is 5.94. The third kappa shape index (κ3) is 13.9. The number of hydrogen-bond acceptors (Lipinski definition) is 3. The summed E-state index contributed by atoms with van der Waals surface area (Å²) in [6.07, 6.45) is 24.1. The topological polar surface area (TPSA) is 52.4 Å². The number of nitro benzene ring substituents is 1. The minimum Gasteiger partial charge on any atom is -0.494 e. The van der Waals surface area contributed by atoms with Gasteiger partial charge in [-0.15, -0.1) is 0 Å². The van der Waals surface area contributed by atoms with Crippen molar-refractivity contribution in [2.24, 2.45) is 0 Å². The van der Waals surface area contributed by atoms with Crippen molar-refractivity contribution in [1.82, 2.24) is 0 Å². The second kappa shape index (κ2) is 20.0. The molecule has 0 saturated heterocycles. The SMILES string of the molecule is CCCCCCCCCCCCCCCCCCOc1ccc([S+](C)Cc2ccccc2[N+](=O)[O-])cc1. The van der Waals surface area contributed by atoms with Crippen LogP contribution >= 0.6 is 0 Å². The summed E-state index contributed by atoms with van der Waals surface area (Å²) >= 11 is 0. The van der Waals surface area contributed by atoms with Gasteiger partial charge in [0.25, 0.3) is 5.69 Å². The summed E-state index contributed by atoms with van der Waals surface area (Å²) in [5, 5.41) is 11.3. The molecule has 0 aromatic heterocycles. The van der Waals surface area contributed by atoms with Crippen LogP contribution in [0.2, 0.25) is 0 Å². The van der Waals surface area contributed by atoms with Crippen LogP contribution in [0.15, 0.2) is 53.4 Å². The van der Waals surface area contributed by atoms with Gasteiger partial charge in [-0.1, -0.05) is 115 Å². The van der Waals surface area contributed by atoms with Crippen LogP contribution in [-0.2, 0) is 16.6 Å². The molecule has 0 radical (unpaired) electrons. The van der Waals surface area contributed by atoms with E-state index in [9.17, 15) is 10.1 Å². The van der Waals surface area contributed by atoms with Gasteiger partial charge in [-0.3, -0.25) is 10.1 Å². The fourth-order valence-electron chi connectivity index (χ4n) is 4.74. The Morgan fingerprint density at radius 2 is 1.19 bits per heavy atom. The number of nitro groups is 1. The average molecular weight is 529 g/mol. The van der Waals surface area contributed by atoms with E-state index in [1.165, 1.54) is 101 Å². The third-order valence-electron chi connectivity index (χ3n) is 7.05. The largest absolute Gasteiger partial charge is 0.494 e. The van der Waals surface area contributed by atoms with Crippen LogP contribution in [-0.4, -0.2) is 17.8 Å². The lowest BCUT2D eigenvalue weighted by molar-refractivity contribution is -0.385. The van der Waals surface area contributed by atoms with Crippen molar-refractivity contribution in [2.45, 2.75) is 120 Å². The molecule has 0 aliphatic heterocycles. The molecule has 206 valence electrons. The monoisotopic (exact) mass is 528 g/mol. The minimum absolute atomic E-state index is 0.0978. The van der Waals surface area contributed by atoms with E-state index in [2.05, 4.69) is 25.3 Å². The van der Waals surface area contributed by atoms with Crippen molar-refractivity contribution >= 4 is 16.6 Å². The molecule has 0 saturated carbocycles. The molecule has 1 atom stereocenters. The molecule has 2 rings (SSSR count). The minimum atomic E-state index is -0.289. The highest BCUT2D eigenvalue weighted by Crippen LogP contribution is 2.25. The molecular formula is C32H50NO3S+. The molecular weight excluding hydrogens is 478 g/mol. The van der Waals surface area contributed by atoms with Gasteiger partial charge in [-0.05, 0) is 36.8 Å². The Bertz CT molecular complexity index is 855.